The Bertz CT molecular complexity index is 483. The van der Waals surface area contributed by atoms with Crippen LogP contribution in [0.25, 0.3) is 0 Å². The smallest absolute Gasteiger partial charge is 0.385 e. The summed E-state index contributed by atoms with van der Waals surface area (Å²) in [4.78, 5) is 15.6. The van der Waals surface area contributed by atoms with Crippen molar-refractivity contribution in [2.24, 2.45) is 0 Å². The Balaban J connectivity index is 2.10. The van der Waals surface area contributed by atoms with Crippen molar-refractivity contribution < 1.29 is 18.0 Å². The number of aromatic nitrogens is 1. The van der Waals surface area contributed by atoms with Crippen molar-refractivity contribution in [1.82, 2.24) is 10.3 Å². The van der Waals surface area contributed by atoms with Gasteiger partial charge in [-0.15, -0.1) is 0 Å². The van der Waals surface area contributed by atoms with Crippen LogP contribution in [-0.4, -0.2) is 29.2 Å². The number of pyridine rings is 1. The summed E-state index contributed by atoms with van der Waals surface area (Å²) in [7, 11) is 0. The van der Waals surface area contributed by atoms with E-state index in [0.717, 1.165) is 0 Å². The molecule has 1 aromatic rings. The third-order valence-corrected chi connectivity index (χ3v) is 3.02. The molecule has 0 unspecified atom stereocenters. The van der Waals surface area contributed by atoms with Gasteiger partial charge in [-0.3, -0.25) is 9.78 Å². The highest BCUT2D eigenvalue weighted by atomic mass is 19.4. The monoisotopic (exact) mass is 273 g/mol. The molecular formula is C12H14F3N3O. The number of carbonyl (C=O) groups is 1. The minimum Gasteiger partial charge on any atom is -0.385 e. The van der Waals surface area contributed by atoms with Crippen LogP contribution in [0.15, 0.2) is 18.3 Å². The fourth-order valence-electron chi connectivity index (χ4n) is 1.75. The van der Waals surface area contributed by atoms with Gasteiger partial charge in [-0.1, -0.05) is 0 Å². The fourth-order valence-corrected chi connectivity index (χ4v) is 1.75. The van der Waals surface area contributed by atoms with Crippen LogP contribution in [0.2, 0.25) is 0 Å². The number of carbonyl (C=O) groups excluding carboxylic acids is 1. The number of hydrogen-bond donors (Lipinski definition) is 2. The van der Waals surface area contributed by atoms with E-state index in [1.165, 1.54) is 12.3 Å². The second-order valence-electron chi connectivity index (χ2n) is 4.49. The summed E-state index contributed by atoms with van der Waals surface area (Å²) in [6, 6.07) is 3.09. The van der Waals surface area contributed by atoms with Gasteiger partial charge in [0.15, 0.2) is 0 Å². The van der Waals surface area contributed by atoms with Crippen molar-refractivity contribution in [2.75, 3.05) is 11.9 Å². The Morgan fingerprint density at radius 3 is 2.68 bits per heavy atom. The van der Waals surface area contributed by atoms with E-state index in [9.17, 15) is 18.0 Å². The molecule has 0 atom stereocenters. The topological polar surface area (TPSA) is 54.0 Å². The molecule has 0 bridgehead atoms. The van der Waals surface area contributed by atoms with Crippen LogP contribution in [0.1, 0.15) is 30.3 Å². The van der Waals surface area contributed by atoms with E-state index in [1.54, 1.807) is 6.07 Å². The molecule has 0 saturated heterocycles. The van der Waals surface area contributed by atoms with Crippen molar-refractivity contribution in [3.05, 3.63) is 24.0 Å². The van der Waals surface area contributed by atoms with E-state index >= 15 is 0 Å². The fraction of sp³-hybridized carbons (Fsp3) is 0.500. The lowest BCUT2D eigenvalue weighted by molar-refractivity contribution is -0.163. The molecule has 1 aromatic heterocycles. The van der Waals surface area contributed by atoms with Gasteiger partial charge in [0.25, 0.3) is 5.91 Å². The van der Waals surface area contributed by atoms with E-state index in [2.05, 4.69) is 10.3 Å². The Morgan fingerprint density at radius 2 is 2.16 bits per heavy atom. The molecule has 1 fully saturated rings. The lowest BCUT2D eigenvalue weighted by atomic mass is 10.2. The molecule has 0 spiro atoms. The first-order valence-corrected chi connectivity index (χ1v) is 5.97. The largest absolute Gasteiger partial charge is 0.411 e. The number of halogens is 3. The highest BCUT2D eigenvalue weighted by Crippen LogP contribution is 2.49. The van der Waals surface area contributed by atoms with Gasteiger partial charge in [0.2, 0.25) is 0 Å². The minimum atomic E-state index is -4.41. The molecule has 19 heavy (non-hydrogen) atoms. The van der Waals surface area contributed by atoms with Crippen LogP contribution >= 0.6 is 0 Å². The molecule has 1 heterocycles. The van der Waals surface area contributed by atoms with Crippen LogP contribution in [-0.2, 0) is 0 Å². The molecule has 2 rings (SSSR count). The molecule has 0 aromatic carbocycles. The maximum atomic E-state index is 12.7. The Kier molecular flexibility index (Phi) is 3.38. The lowest BCUT2D eigenvalue weighted by Gasteiger charge is -2.20. The number of amides is 1. The molecular weight excluding hydrogens is 259 g/mol. The molecule has 0 aliphatic heterocycles. The van der Waals surface area contributed by atoms with Crippen LogP contribution in [0.3, 0.4) is 0 Å². The molecule has 7 heteroatoms. The van der Waals surface area contributed by atoms with Gasteiger partial charge >= 0.3 is 6.18 Å². The predicted octanol–water partition coefficient (Wildman–Crippen LogP) is 2.34. The molecule has 0 radical (unpaired) electrons. The number of alkyl halides is 3. The first-order valence-electron chi connectivity index (χ1n) is 5.97. The molecule has 1 amide bonds. The zero-order valence-corrected chi connectivity index (χ0v) is 10.3. The molecule has 1 aliphatic carbocycles. The summed E-state index contributed by atoms with van der Waals surface area (Å²) < 4.78 is 38.2. The Hall–Kier alpha value is -1.79. The Labute approximate surface area is 108 Å². The highest BCUT2D eigenvalue weighted by molar-refractivity contribution is 5.94. The highest BCUT2D eigenvalue weighted by Gasteiger charge is 2.64. The summed E-state index contributed by atoms with van der Waals surface area (Å²) in [5, 5.41) is 5.01. The van der Waals surface area contributed by atoms with Crippen LogP contribution in [0, 0.1) is 0 Å². The van der Waals surface area contributed by atoms with Gasteiger partial charge in [-0.05, 0) is 31.9 Å². The summed E-state index contributed by atoms with van der Waals surface area (Å²) in [5.41, 5.74) is -1.42. The maximum absolute atomic E-state index is 12.7. The van der Waals surface area contributed by atoms with E-state index in [-0.39, 0.29) is 18.5 Å². The zero-order chi connectivity index (χ0) is 14.1. The van der Waals surface area contributed by atoms with Crippen molar-refractivity contribution in [2.45, 2.75) is 31.5 Å². The van der Waals surface area contributed by atoms with Crippen molar-refractivity contribution in [3.63, 3.8) is 0 Å². The average Bonchev–Trinajstić information content (AvgIpc) is 3.10. The molecule has 1 saturated carbocycles. The second-order valence-corrected chi connectivity index (χ2v) is 4.49. The van der Waals surface area contributed by atoms with Crippen LogP contribution < -0.4 is 10.6 Å². The lowest BCUT2D eigenvalue weighted by Crippen LogP contribution is -2.48. The molecule has 1 aliphatic rings. The first-order chi connectivity index (χ1) is 8.88. The van der Waals surface area contributed by atoms with E-state index in [0.29, 0.717) is 12.2 Å². The molecule has 2 N–H and O–H groups in total. The van der Waals surface area contributed by atoms with Crippen molar-refractivity contribution in [1.29, 1.82) is 0 Å². The van der Waals surface area contributed by atoms with Gasteiger partial charge < -0.3 is 10.6 Å². The van der Waals surface area contributed by atoms with Crippen LogP contribution in [0.5, 0.6) is 0 Å². The average molecular weight is 273 g/mol. The quantitative estimate of drug-likeness (QED) is 0.885. The van der Waals surface area contributed by atoms with E-state index in [4.69, 9.17) is 0 Å². The number of anilines is 1. The number of hydrogen-bond acceptors (Lipinski definition) is 3. The maximum Gasteiger partial charge on any atom is 0.411 e. The summed E-state index contributed by atoms with van der Waals surface area (Å²) >= 11 is 0. The number of rotatable bonds is 4. The first kappa shape index (κ1) is 13.6. The third kappa shape index (κ3) is 2.80. The van der Waals surface area contributed by atoms with Gasteiger partial charge in [0, 0.05) is 18.4 Å². The standard InChI is InChI=1S/C12H14F3N3O/c1-2-16-8-3-6-17-9(7-8)10(19)18-11(4-5-11)12(13,14)15/h3,6-7H,2,4-5H2,1H3,(H,16,17)(H,18,19). The zero-order valence-electron chi connectivity index (χ0n) is 10.3. The molecule has 4 nitrogen and oxygen atoms in total. The second kappa shape index (κ2) is 4.71. The molecule has 104 valence electrons. The number of nitrogens with one attached hydrogen (secondary N) is 2. The van der Waals surface area contributed by atoms with Crippen molar-refractivity contribution in [3.8, 4) is 0 Å². The minimum absolute atomic E-state index is 0.0195. The van der Waals surface area contributed by atoms with E-state index in [1.807, 2.05) is 12.2 Å². The summed E-state index contributed by atoms with van der Waals surface area (Å²) in [6.07, 6.45) is -3.17. The van der Waals surface area contributed by atoms with Crippen molar-refractivity contribution >= 4 is 11.6 Å². The van der Waals surface area contributed by atoms with Gasteiger partial charge in [-0.25, -0.2) is 0 Å². The van der Waals surface area contributed by atoms with E-state index < -0.39 is 17.6 Å². The van der Waals surface area contributed by atoms with Gasteiger partial charge in [0.1, 0.15) is 11.2 Å². The normalized spacial score (nSPS) is 16.8. The van der Waals surface area contributed by atoms with Gasteiger partial charge in [-0.2, -0.15) is 13.2 Å². The summed E-state index contributed by atoms with van der Waals surface area (Å²) in [6.45, 7) is 2.53. The third-order valence-electron chi connectivity index (χ3n) is 3.02. The SMILES string of the molecule is CCNc1ccnc(C(=O)NC2(C(F)(F)F)CC2)c1. The van der Waals surface area contributed by atoms with Crippen LogP contribution in [0.4, 0.5) is 18.9 Å². The predicted molar refractivity (Wildman–Crippen MR) is 63.9 cm³/mol. The summed E-state index contributed by atoms with van der Waals surface area (Å²) in [5.74, 6) is -0.797. The Morgan fingerprint density at radius 1 is 1.47 bits per heavy atom. The van der Waals surface area contributed by atoms with Gasteiger partial charge in [0.05, 0.1) is 0 Å². The number of nitrogens with zero attached hydrogens (tertiary/aromatic N) is 1.